The average molecular weight is 250 g/mol. The van der Waals surface area contributed by atoms with Gasteiger partial charge in [0.1, 0.15) is 11.9 Å². The van der Waals surface area contributed by atoms with Crippen LogP contribution in [0.15, 0.2) is 18.2 Å². The monoisotopic (exact) mass is 250 g/mol. The SMILES string of the molecule is CCc1ccc(OC)c(C(O)C(=O)C(C)(C)C)c1. The maximum absolute atomic E-state index is 12.1. The van der Waals surface area contributed by atoms with Gasteiger partial charge in [-0.2, -0.15) is 0 Å². The number of benzene rings is 1. The first kappa shape index (κ1) is 14.7. The molecule has 1 aromatic rings. The van der Waals surface area contributed by atoms with Crippen molar-refractivity contribution in [2.45, 2.75) is 40.2 Å². The fourth-order valence-electron chi connectivity index (χ4n) is 1.77. The summed E-state index contributed by atoms with van der Waals surface area (Å²) in [7, 11) is 1.54. The second-order valence-corrected chi connectivity index (χ2v) is 5.45. The van der Waals surface area contributed by atoms with Crippen molar-refractivity contribution in [3.8, 4) is 5.75 Å². The molecule has 0 aromatic heterocycles. The van der Waals surface area contributed by atoms with Crippen LogP contribution < -0.4 is 4.74 Å². The van der Waals surface area contributed by atoms with Gasteiger partial charge in [0.15, 0.2) is 5.78 Å². The molecule has 18 heavy (non-hydrogen) atoms. The van der Waals surface area contributed by atoms with Crippen LogP contribution >= 0.6 is 0 Å². The van der Waals surface area contributed by atoms with Crippen molar-refractivity contribution < 1.29 is 14.6 Å². The molecule has 1 aromatic carbocycles. The second-order valence-electron chi connectivity index (χ2n) is 5.45. The molecule has 0 fully saturated rings. The number of ketones is 1. The van der Waals surface area contributed by atoms with Gasteiger partial charge in [0, 0.05) is 11.0 Å². The molecular formula is C15H22O3. The maximum Gasteiger partial charge on any atom is 0.171 e. The van der Waals surface area contributed by atoms with E-state index in [2.05, 4.69) is 0 Å². The van der Waals surface area contributed by atoms with E-state index in [0.29, 0.717) is 11.3 Å². The second kappa shape index (κ2) is 5.53. The summed E-state index contributed by atoms with van der Waals surface area (Å²) >= 11 is 0. The van der Waals surface area contributed by atoms with Crippen molar-refractivity contribution in [1.29, 1.82) is 0 Å². The van der Waals surface area contributed by atoms with E-state index in [9.17, 15) is 9.90 Å². The Morgan fingerprint density at radius 1 is 1.39 bits per heavy atom. The molecular weight excluding hydrogens is 228 g/mol. The molecule has 0 saturated carbocycles. The van der Waals surface area contributed by atoms with Crippen LogP contribution in [0.2, 0.25) is 0 Å². The molecule has 0 amide bonds. The van der Waals surface area contributed by atoms with Crippen molar-refractivity contribution >= 4 is 5.78 Å². The molecule has 1 unspecified atom stereocenters. The Bertz CT molecular complexity index is 430. The first-order valence-corrected chi connectivity index (χ1v) is 6.20. The highest BCUT2D eigenvalue weighted by Crippen LogP contribution is 2.32. The van der Waals surface area contributed by atoms with Crippen LogP contribution in [-0.2, 0) is 11.2 Å². The summed E-state index contributed by atoms with van der Waals surface area (Å²) in [6.45, 7) is 7.43. The van der Waals surface area contributed by atoms with Gasteiger partial charge in [0.25, 0.3) is 0 Å². The Hall–Kier alpha value is -1.35. The van der Waals surface area contributed by atoms with Crippen molar-refractivity contribution in [2.24, 2.45) is 5.41 Å². The minimum atomic E-state index is -1.13. The fraction of sp³-hybridized carbons (Fsp3) is 0.533. The Labute approximate surface area is 109 Å². The third kappa shape index (κ3) is 3.10. The smallest absolute Gasteiger partial charge is 0.171 e. The standard InChI is InChI=1S/C15H22O3/c1-6-10-7-8-12(18-5)11(9-10)13(16)14(17)15(2,3)4/h7-9,13,16H,6H2,1-5H3. The predicted octanol–water partition coefficient (Wildman–Crippen LogP) is 2.91. The Kier molecular flexibility index (Phi) is 4.52. The lowest BCUT2D eigenvalue weighted by molar-refractivity contribution is -0.135. The lowest BCUT2D eigenvalue weighted by Crippen LogP contribution is -2.27. The number of rotatable bonds is 4. The first-order chi connectivity index (χ1) is 8.31. The van der Waals surface area contributed by atoms with Gasteiger partial charge < -0.3 is 9.84 Å². The molecule has 1 rings (SSSR count). The Morgan fingerprint density at radius 3 is 2.44 bits per heavy atom. The minimum Gasteiger partial charge on any atom is -0.496 e. The number of carbonyl (C=O) groups excluding carboxylic acids is 1. The van der Waals surface area contributed by atoms with E-state index in [1.807, 2.05) is 19.1 Å². The fourth-order valence-corrected chi connectivity index (χ4v) is 1.77. The van der Waals surface area contributed by atoms with Crippen molar-refractivity contribution in [1.82, 2.24) is 0 Å². The van der Waals surface area contributed by atoms with Gasteiger partial charge in [-0.05, 0) is 24.1 Å². The predicted molar refractivity (Wildman–Crippen MR) is 71.8 cm³/mol. The molecule has 0 aliphatic heterocycles. The molecule has 0 saturated heterocycles. The lowest BCUT2D eigenvalue weighted by Gasteiger charge is -2.22. The zero-order valence-corrected chi connectivity index (χ0v) is 11.8. The number of Topliss-reactive ketones (excluding diaryl/α,β-unsaturated/α-hetero) is 1. The highest BCUT2D eigenvalue weighted by atomic mass is 16.5. The summed E-state index contributed by atoms with van der Waals surface area (Å²) < 4.78 is 5.22. The van der Waals surface area contributed by atoms with E-state index in [1.54, 1.807) is 33.9 Å². The molecule has 0 heterocycles. The zero-order valence-electron chi connectivity index (χ0n) is 11.8. The van der Waals surface area contributed by atoms with Crippen molar-refractivity contribution in [3.05, 3.63) is 29.3 Å². The van der Waals surface area contributed by atoms with E-state index in [1.165, 1.54) is 0 Å². The van der Waals surface area contributed by atoms with Crippen molar-refractivity contribution in [2.75, 3.05) is 7.11 Å². The minimum absolute atomic E-state index is 0.200. The van der Waals surface area contributed by atoms with Gasteiger partial charge >= 0.3 is 0 Å². The van der Waals surface area contributed by atoms with Crippen LogP contribution in [0.4, 0.5) is 0 Å². The molecule has 3 heteroatoms. The molecule has 3 nitrogen and oxygen atoms in total. The van der Waals surface area contributed by atoms with Gasteiger partial charge in [-0.3, -0.25) is 4.79 Å². The molecule has 0 radical (unpaired) electrons. The average Bonchev–Trinajstić information content (AvgIpc) is 2.35. The largest absolute Gasteiger partial charge is 0.496 e. The van der Waals surface area contributed by atoms with Gasteiger partial charge in [-0.15, -0.1) is 0 Å². The van der Waals surface area contributed by atoms with Gasteiger partial charge in [0.2, 0.25) is 0 Å². The van der Waals surface area contributed by atoms with E-state index in [0.717, 1.165) is 12.0 Å². The van der Waals surface area contributed by atoms with Gasteiger partial charge in [-0.25, -0.2) is 0 Å². The summed E-state index contributed by atoms with van der Waals surface area (Å²) in [6.07, 6.45) is -0.278. The summed E-state index contributed by atoms with van der Waals surface area (Å²) in [4.78, 5) is 12.1. The number of aryl methyl sites for hydroxylation is 1. The van der Waals surface area contributed by atoms with Crippen molar-refractivity contribution in [3.63, 3.8) is 0 Å². The molecule has 1 atom stereocenters. The molecule has 0 aliphatic carbocycles. The summed E-state index contributed by atoms with van der Waals surface area (Å²) in [5.74, 6) is 0.353. The van der Waals surface area contributed by atoms with E-state index in [4.69, 9.17) is 4.74 Å². The molecule has 0 bridgehead atoms. The van der Waals surface area contributed by atoms with Crippen LogP contribution in [0.1, 0.15) is 44.9 Å². The number of hydrogen-bond acceptors (Lipinski definition) is 3. The summed E-state index contributed by atoms with van der Waals surface area (Å²) in [6, 6.07) is 5.58. The summed E-state index contributed by atoms with van der Waals surface area (Å²) in [5.41, 5.74) is 1.05. The molecule has 1 N–H and O–H groups in total. The maximum atomic E-state index is 12.1. The number of aliphatic hydroxyl groups excluding tert-OH is 1. The third-order valence-electron chi connectivity index (χ3n) is 2.98. The van der Waals surface area contributed by atoms with Crippen LogP contribution in [0.3, 0.4) is 0 Å². The quantitative estimate of drug-likeness (QED) is 0.893. The Balaban J connectivity index is 3.18. The van der Waals surface area contributed by atoms with Crippen LogP contribution in [-0.4, -0.2) is 18.0 Å². The van der Waals surface area contributed by atoms with Gasteiger partial charge in [-0.1, -0.05) is 33.8 Å². The van der Waals surface area contributed by atoms with E-state index < -0.39 is 11.5 Å². The molecule has 0 spiro atoms. The van der Waals surface area contributed by atoms with Crippen LogP contribution in [0, 0.1) is 5.41 Å². The number of aliphatic hydroxyl groups is 1. The highest BCUT2D eigenvalue weighted by molar-refractivity contribution is 5.89. The molecule has 100 valence electrons. The number of methoxy groups -OCH3 is 1. The number of hydrogen-bond donors (Lipinski definition) is 1. The molecule has 0 aliphatic rings. The van der Waals surface area contributed by atoms with E-state index >= 15 is 0 Å². The Morgan fingerprint density at radius 2 is 2.00 bits per heavy atom. The van der Waals surface area contributed by atoms with Gasteiger partial charge in [0.05, 0.1) is 7.11 Å². The van der Waals surface area contributed by atoms with Crippen LogP contribution in [0.5, 0.6) is 5.75 Å². The first-order valence-electron chi connectivity index (χ1n) is 6.20. The highest BCUT2D eigenvalue weighted by Gasteiger charge is 2.31. The normalized spacial score (nSPS) is 13.2. The third-order valence-corrected chi connectivity index (χ3v) is 2.98. The van der Waals surface area contributed by atoms with Crippen LogP contribution in [0.25, 0.3) is 0 Å². The number of carbonyl (C=O) groups is 1. The van der Waals surface area contributed by atoms with E-state index in [-0.39, 0.29) is 5.78 Å². The zero-order chi connectivity index (χ0) is 13.9. The summed E-state index contributed by atoms with van der Waals surface area (Å²) in [5, 5.41) is 10.2. The lowest BCUT2D eigenvalue weighted by atomic mass is 9.84. The topological polar surface area (TPSA) is 46.5 Å². The number of ether oxygens (including phenoxy) is 1.